The molecule has 2 aromatic carbocycles. The number of benzene rings is 2. The normalized spacial score (nSPS) is 12.2. The van der Waals surface area contributed by atoms with Gasteiger partial charge in [-0.15, -0.1) is 0 Å². The van der Waals surface area contributed by atoms with Gasteiger partial charge in [0.1, 0.15) is 5.60 Å². The van der Waals surface area contributed by atoms with Gasteiger partial charge in [-0.1, -0.05) is 40.2 Å². The number of ether oxygens (including phenoxy) is 1. The van der Waals surface area contributed by atoms with Crippen molar-refractivity contribution in [2.24, 2.45) is 5.73 Å². The topological polar surface area (TPSA) is 111 Å². The number of hydrogen-bond acceptors (Lipinski definition) is 5. The lowest BCUT2D eigenvalue weighted by Gasteiger charge is -2.22. The number of hydrogen-bond donors (Lipinski definition) is 3. The number of alkyl carbamates (subject to hydrolysis) is 1. The van der Waals surface area contributed by atoms with Gasteiger partial charge < -0.3 is 25.3 Å². The SMILES string of the molecule is C[C@H](N)c1cccc(-n2ccnc2)c1.C[C@H](NC(=O)OC(C)(C)C)c1cccc(Br)c1.c1c[nH]cn1. The van der Waals surface area contributed by atoms with Crippen LogP contribution < -0.4 is 11.1 Å². The van der Waals surface area contributed by atoms with Crippen LogP contribution in [0.25, 0.3) is 5.69 Å². The van der Waals surface area contributed by atoms with Gasteiger partial charge >= 0.3 is 6.09 Å². The minimum atomic E-state index is -0.471. The fraction of sp³-hybridized carbons (Fsp3) is 0.296. The molecule has 192 valence electrons. The molecule has 0 aliphatic heterocycles. The molecule has 0 bridgehead atoms. The summed E-state index contributed by atoms with van der Waals surface area (Å²) in [5.41, 5.74) is 8.60. The molecule has 0 aliphatic rings. The van der Waals surface area contributed by atoms with E-state index in [1.807, 2.05) is 87.8 Å². The van der Waals surface area contributed by atoms with E-state index in [9.17, 15) is 4.79 Å². The molecule has 9 heteroatoms. The number of amides is 1. The number of H-pyrrole nitrogens is 1. The number of aromatic nitrogens is 4. The van der Waals surface area contributed by atoms with E-state index in [2.05, 4.69) is 42.3 Å². The predicted molar refractivity (Wildman–Crippen MR) is 147 cm³/mol. The molecule has 8 nitrogen and oxygen atoms in total. The average Bonchev–Trinajstić information content (AvgIpc) is 3.55. The Morgan fingerprint density at radius 1 is 1.08 bits per heavy atom. The first-order valence-electron chi connectivity index (χ1n) is 11.6. The van der Waals surface area contributed by atoms with Crippen LogP contribution in [-0.4, -0.2) is 31.2 Å². The van der Waals surface area contributed by atoms with Gasteiger partial charge in [0, 0.05) is 41.0 Å². The molecule has 4 aromatic rings. The molecule has 1 amide bonds. The van der Waals surface area contributed by atoms with Gasteiger partial charge in [0.25, 0.3) is 0 Å². The zero-order valence-corrected chi connectivity index (χ0v) is 22.9. The molecule has 0 radical (unpaired) electrons. The third kappa shape index (κ3) is 10.9. The van der Waals surface area contributed by atoms with Crippen LogP contribution in [0.1, 0.15) is 57.8 Å². The molecule has 0 spiro atoms. The molecule has 0 unspecified atom stereocenters. The second-order valence-electron chi connectivity index (χ2n) is 9.04. The number of halogens is 1. The summed E-state index contributed by atoms with van der Waals surface area (Å²) in [6.45, 7) is 9.43. The molecule has 0 aliphatic carbocycles. The third-order valence-corrected chi connectivity index (χ3v) is 5.18. The summed E-state index contributed by atoms with van der Waals surface area (Å²) < 4.78 is 8.16. The van der Waals surface area contributed by atoms with Gasteiger partial charge in [0.05, 0.1) is 18.7 Å². The molecular weight excluding hydrogens is 520 g/mol. The summed E-state index contributed by atoms with van der Waals surface area (Å²) >= 11 is 3.40. The van der Waals surface area contributed by atoms with E-state index < -0.39 is 11.7 Å². The smallest absolute Gasteiger partial charge is 0.408 e. The quantitative estimate of drug-likeness (QED) is 0.272. The van der Waals surface area contributed by atoms with Crippen LogP contribution in [-0.2, 0) is 4.74 Å². The molecule has 0 saturated carbocycles. The van der Waals surface area contributed by atoms with E-state index in [1.165, 1.54) is 0 Å². The molecule has 2 aromatic heterocycles. The summed E-state index contributed by atoms with van der Waals surface area (Å²) in [6.07, 6.45) is 10.1. The highest BCUT2D eigenvalue weighted by atomic mass is 79.9. The van der Waals surface area contributed by atoms with Crippen molar-refractivity contribution in [1.82, 2.24) is 24.8 Å². The number of carbonyl (C=O) groups is 1. The van der Waals surface area contributed by atoms with Crippen LogP contribution in [0.4, 0.5) is 4.79 Å². The van der Waals surface area contributed by atoms with Crippen LogP contribution in [0.15, 0.2) is 90.4 Å². The second-order valence-corrected chi connectivity index (χ2v) is 9.95. The lowest BCUT2D eigenvalue weighted by Crippen LogP contribution is -2.34. The van der Waals surface area contributed by atoms with Crippen LogP contribution in [0.5, 0.6) is 0 Å². The van der Waals surface area contributed by atoms with Crippen molar-refractivity contribution < 1.29 is 9.53 Å². The van der Waals surface area contributed by atoms with E-state index in [0.29, 0.717) is 0 Å². The Morgan fingerprint density at radius 2 is 1.81 bits per heavy atom. The number of aromatic amines is 1. The van der Waals surface area contributed by atoms with Gasteiger partial charge in [0.15, 0.2) is 0 Å². The van der Waals surface area contributed by atoms with Crippen molar-refractivity contribution in [3.8, 4) is 5.69 Å². The number of nitrogens with one attached hydrogen (secondary N) is 2. The maximum atomic E-state index is 11.6. The number of nitrogens with zero attached hydrogens (tertiary/aromatic N) is 3. The Labute approximate surface area is 221 Å². The second kappa shape index (κ2) is 14.2. The zero-order valence-electron chi connectivity index (χ0n) is 21.4. The number of carbonyl (C=O) groups excluding carboxylic acids is 1. The Morgan fingerprint density at radius 3 is 2.33 bits per heavy atom. The highest BCUT2D eigenvalue weighted by Gasteiger charge is 2.18. The van der Waals surface area contributed by atoms with E-state index >= 15 is 0 Å². The van der Waals surface area contributed by atoms with Gasteiger partial charge in [-0.2, -0.15) is 0 Å². The highest BCUT2D eigenvalue weighted by Crippen LogP contribution is 2.18. The van der Waals surface area contributed by atoms with Gasteiger partial charge in [-0.3, -0.25) is 0 Å². The molecular formula is C27H35BrN6O2. The van der Waals surface area contributed by atoms with Crippen molar-refractivity contribution in [1.29, 1.82) is 0 Å². The zero-order chi connectivity index (χ0) is 26.6. The number of imidazole rings is 2. The molecule has 0 fully saturated rings. The van der Waals surface area contributed by atoms with Gasteiger partial charge in [-0.05, 0) is 70.0 Å². The summed E-state index contributed by atoms with van der Waals surface area (Å²) in [7, 11) is 0. The first-order chi connectivity index (χ1) is 17.0. The fourth-order valence-corrected chi connectivity index (χ4v) is 3.36. The molecule has 4 rings (SSSR count). The highest BCUT2D eigenvalue weighted by molar-refractivity contribution is 9.10. The van der Waals surface area contributed by atoms with E-state index in [4.69, 9.17) is 10.5 Å². The van der Waals surface area contributed by atoms with Gasteiger partial charge in [-0.25, -0.2) is 14.8 Å². The summed E-state index contributed by atoms with van der Waals surface area (Å²) in [6, 6.07) is 16.0. The fourth-order valence-electron chi connectivity index (χ4n) is 2.94. The predicted octanol–water partition coefficient (Wildman–Crippen LogP) is 6.34. The maximum absolute atomic E-state index is 11.6. The monoisotopic (exact) mass is 554 g/mol. The molecule has 2 atom stereocenters. The molecule has 4 N–H and O–H groups in total. The Kier molecular flexibility index (Phi) is 11.4. The third-order valence-electron chi connectivity index (χ3n) is 4.69. The Balaban J connectivity index is 0.000000214. The van der Waals surface area contributed by atoms with Crippen molar-refractivity contribution >= 4 is 22.0 Å². The van der Waals surface area contributed by atoms with Crippen LogP contribution in [0.3, 0.4) is 0 Å². The van der Waals surface area contributed by atoms with Crippen molar-refractivity contribution in [3.63, 3.8) is 0 Å². The maximum Gasteiger partial charge on any atom is 0.408 e. The minimum Gasteiger partial charge on any atom is -0.444 e. The van der Waals surface area contributed by atoms with E-state index in [1.54, 1.807) is 31.2 Å². The Hall–Kier alpha value is -3.43. The largest absolute Gasteiger partial charge is 0.444 e. The molecule has 36 heavy (non-hydrogen) atoms. The number of nitrogens with two attached hydrogens (primary N) is 1. The molecule has 2 heterocycles. The van der Waals surface area contributed by atoms with Crippen LogP contribution in [0.2, 0.25) is 0 Å². The van der Waals surface area contributed by atoms with Crippen LogP contribution in [0, 0.1) is 0 Å². The standard InChI is InChI=1S/C13H18BrNO2.C11H13N3.C3H4N2/c1-9(10-6-5-7-11(14)8-10)15-12(16)17-13(2,3)4;1-9(12)10-3-2-4-11(7-10)14-6-5-13-8-14;1-2-5-3-4-1/h5-9H,1-4H3,(H,15,16);2-9H,12H2,1H3;1-3H,(H,4,5)/t2*9-;/m00./s1. The van der Waals surface area contributed by atoms with E-state index in [0.717, 1.165) is 21.3 Å². The van der Waals surface area contributed by atoms with Crippen molar-refractivity contribution in [2.75, 3.05) is 0 Å². The first-order valence-corrected chi connectivity index (χ1v) is 12.4. The molecule has 0 saturated heterocycles. The lowest BCUT2D eigenvalue weighted by atomic mass is 10.1. The van der Waals surface area contributed by atoms with Crippen molar-refractivity contribution in [2.45, 2.75) is 52.3 Å². The minimum absolute atomic E-state index is 0.0680. The lowest BCUT2D eigenvalue weighted by molar-refractivity contribution is 0.0508. The Bertz CT molecular complexity index is 1140. The van der Waals surface area contributed by atoms with E-state index in [-0.39, 0.29) is 12.1 Å². The number of rotatable bonds is 4. The average molecular weight is 556 g/mol. The summed E-state index contributed by atoms with van der Waals surface area (Å²) in [5, 5.41) is 2.80. The summed E-state index contributed by atoms with van der Waals surface area (Å²) in [5.74, 6) is 0. The summed E-state index contributed by atoms with van der Waals surface area (Å²) in [4.78, 5) is 22.0. The van der Waals surface area contributed by atoms with Gasteiger partial charge in [0.2, 0.25) is 0 Å². The van der Waals surface area contributed by atoms with Crippen LogP contribution >= 0.6 is 15.9 Å². The van der Waals surface area contributed by atoms with Crippen molar-refractivity contribution in [3.05, 3.63) is 102 Å². The first kappa shape index (κ1) is 28.8.